The maximum Gasteiger partial charge on any atom is 0.126 e. The monoisotopic (exact) mass is 220 g/mol. The molecule has 16 heavy (non-hydrogen) atoms. The maximum absolute atomic E-state index is 9.90. The average Bonchev–Trinajstić information content (AvgIpc) is 2.26. The molecule has 0 aliphatic carbocycles. The van der Waals surface area contributed by atoms with E-state index in [1.807, 2.05) is 0 Å². The zero-order chi connectivity index (χ0) is 11.3. The Hall–Kier alpha value is -1.42. The molecular formula is C12H16N2O2. The number of hydrogen-bond donors (Lipinski definition) is 3. The average molecular weight is 220 g/mol. The first-order chi connectivity index (χ1) is 7.68. The molecule has 1 aromatic rings. The minimum atomic E-state index is -0.108. The highest BCUT2D eigenvalue weighted by molar-refractivity contribution is 5.71. The van der Waals surface area contributed by atoms with Crippen molar-refractivity contribution < 1.29 is 10.2 Å². The van der Waals surface area contributed by atoms with Gasteiger partial charge in [0.05, 0.1) is 5.69 Å². The number of phenolic OH excluding ortho intramolecular Hbond substituents is 2. The highest BCUT2D eigenvalue weighted by Crippen LogP contribution is 2.46. The zero-order valence-corrected chi connectivity index (χ0v) is 9.11. The van der Waals surface area contributed by atoms with Gasteiger partial charge in [0.1, 0.15) is 11.5 Å². The van der Waals surface area contributed by atoms with E-state index in [0.29, 0.717) is 0 Å². The Bertz CT molecular complexity index is 445. The van der Waals surface area contributed by atoms with Gasteiger partial charge in [-0.25, -0.2) is 0 Å². The molecule has 1 unspecified atom stereocenters. The summed E-state index contributed by atoms with van der Waals surface area (Å²) in [5.41, 5.74) is 8.80. The molecule has 1 atom stereocenters. The number of benzene rings is 1. The van der Waals surface area contributed by atoms with Crippen molar-refractivity contribution in [2.24, 2.45) is 5.73 Å². The van der Waals surface area contributed by atoms with Gasteiger partial charge in [0.15, 0.2) is 0 Å². The van der Waals surface area contributed by atoms with Crippen molar-refractivity contribution in [3.63, 3.8) is 0 Å². The normalized spacial score (nSPS) is 23.1. The van der Waals surface area contributed by atoms with E-state index >= 15 is 0 Å². The molecular weight excluding hydrogens is 204 g/mol. The molecule has 2 aliphatic rings. The van der Waals surface area contributed by atoms with Gasteiger partial charge in [-0.2, -0.15) is 0 Å². The first-order valence-electron chi connectivity index (χ1n) is 5.76. The van der Waals surface area contributed by atoms with Crippen molar-refractivity contribution in [3.05, 3.63) is 17.2 Å². The molecule has 0 bridgehead atoms. The fourth-order valence-electron chi connectivity index (χ4n) is 2.89. The Labute approximate surface area is 94.3 Å². The molecule has 1 aromatic carbocycles. The first kappa shape index (κ1) is 9.78. The van der Waals surface area contributed by atoms with Gasteiger partial charge in [0.2, 0.25) is 0 Å². The minimum absolute atomic E-state index is 0.108. The number of phenols is 2. The summed E-state index contributed by atoms with van der Waals surface area (Å²) in [5, 5.41) is 19.8. The van der Waals surface area contributed by atoms with E-state index in [1.54, 1.807) is 0 Å². The Morgan fingerprint density at radius 3 is 2.88 bits per heavy atom. The van der Waals surface area contributed by atoms with Gasteiger partial charge in [-0.15, -0.1) is 0 Å². The van der Waals surface area contributed by atoms with E-state index in [4.69, 9.17) is 5.73 Å². The lowest BCUT2D eigenvalue weighted by molar-refractivity contribution is 0.426. The van der Waals surface area contributed by atoms with Crippen molar-refractivity contribution in [3.8, 4) is 11.5 Å². The summed E-state index contributed by atoms with van der Waals surface area (Å²) in [5.74, 6) is 0.338. The third-order valence-corrected chi connectivity index (χ3v) is 3.65. The summed E-state index contributed by atoms with van der Waals surface area (Å²) in [7, 11) is 0. The van der Waals surface area contributed by atoms with Gasteiger partial charge in [-0.3, -0.25) is 0 Å². The predicted octanol–water partition coefficient (Wildman–Crippen LogP) is 1.25. The second-order valence-corrected chi connectivity index (χ2v) is 4.64. The van der Waals surface area contributed by atoms with Crippen LogP contribution in [0.25, 0.3) is 0 Å². The second-order valence-electron chi connectivity index (χ2n) is 4.64. The molecule has 4 nitrogen and oxygen atoms in total. The molecule has 3 rings (SSSR count). The number of rotatable bonds is 0. The van der Waals surface area contributed by atoms with E-state index in [-0.39, 0.29) is 17.5 Å². The number of aromatic hydroxyl groups is 2. The molecule has 0 aromatic heterocycles. The van der Waals surface area contributed by atoms with Gasteiger partial charge in [0, 0.05) is 36.3 Å². The highest BCUT2D eigenvalue weighted by atomic mass is 16.3. The lowest BCUT2D eigenvalue weighted by Gasteiger charge is -2.39. The van der Waals surface area contributed by atoms with Crippen molar-refractivity contribution in [1.29, 1.82) is 0 Å². The summed E-state index contributed by atoms with van der Waals surface area (Å²) in [6, 6.07) is 1.33. The quantitative estimate of drug-likeness (QED) is 0.615. The van der Waals surface area contributed by atoms with Crippen LogP contribution in [0, 0.1) is 0 Å². The molecule has 0 spiro atoms. The van der Waals surface area contributed by atoms with E-state index in [1.165, 1.54) is 6.07 Å². The van der Waals surface area contributed by atoms with Crippen LogP contribution in [-0.4, -0.2) is 23.3 Å². The number of nitrogens with two attached hydrogens (primary N) is 1. The van der Waals surface area contributed by atoms with E-state index in [0.717, 1.165) is 49.2 Å². The number of anilines is 1. The topological polar surface area (TPSA) is 69.7 Å². The van der Waals surface area contributed by atoms with Crippen molar-refractivity contribution in [2.75, 3.05) is 18.0 Å². The Kier molecular flexibility index (Phi) is 2.01. The smallest absolute Gasteiger partial charge is 0.126 e. The second kappa shape index (κ2) is 3.28. The minimum Gasteiger partial charge on any atom is -0.507 e. The van der Waals surface area contributed by atoms with Crippen molar-refractivity contribution in [1.82, 2.24) is 0 Å². The van der Waals surface area contributed by atoms with Crippen LogP contribution >= 0.6 is 0 Å². The van der Waals surface area contributed by atoms with Crippen LogP contribution in [0.15, 0.2) is 6.07 Å². The summed E-state index contributed by atoms with van der Waals surface area (Å²) < 4.78 is 0. The summed E-state index contributed by atoms with van der Waals surface area (Å²) in [6.45, 7) is 1.92. The summed E-state index contributed by atoms with van der Waals surface area (Å²) >= 11 is 0. The van der Waals surface area contributed by atoms with Gasteiger partial charge >= 0.3 is 0 Å². The van der Waals surface area contributed by atoms with E-state index in [9.17, 15) is 10.2 Å². The SMILES string of the molecule is NC1CCN2CCCc3c(O)cc(O)c1c32. The lowest BCUT2D eigenvalue weighted by atomic mass is 9.88. The maximum atomic E-state index is 9.90. The molecule has 4 heteroatoms. The molecule has 0 radical (unpaired) electrons. The first-order valence-corrected chi connectivity index (χ1v) is 5.76. The van der Waals surface area contributed by atoms with Crippen LogP contribution in [0.3, 0.4) is 0 Å². The molecule has 2 heterocycles. The van der Waals surface area contributed by atoms with Crippen molar-refractivity contribution in [2.45, 2.75) is 25.3 Å². The molecule has 4 N–H and O–H groups in total. The van der Waals surface area contributed by atoms with Crippen LogP contribution in [0.5, 0.6) is 11.5 Å². The molecule has 0 saturated heterocycles. The Morgan fingerprint density at radius 1 is 1.25 bits per heavy atom. The lowest BCUT2D eigenvalue weighted by Crippen LogP contribution is -2.37. The third kappa shape index (κ3) is 1.19. The third-order valence-electron chi connectivity index (χ3n) is 3.65. The molecule has 86 valence electrons. The van der Waals surface area contributed by atoms with Gasteiger partial charge < -0.3 is 20.8 Å². The molecule has 0 saturated carbocycles. The van der Waals surface area contributed by atoms with Crippen LogP contribution < -0.4 is 10.6 Å². The fraction of sp³-hybridized carbons (Fsp3) is 0.500. The van der Waals surface area contributed by atoms with Gasteiger partial charge in [-0.1, -0.05) is 0 Å². The van der Waals surface area contributed by atoms with Gasteiger partial charge in [-0.05, 0) is 19.3 Å². The molecule has 2 aliphatic heterocycles. The summed E-state index contributed by atoms with van der Waals surface area (Å²) in [6.07, 6.45) is 2.79. The number of hydrogen-bond acceptors (Lipinski definition) is 4. The molecule has 0 fully saturated rings. The highest BCUT2D eigenvalue weighted by Gasteiger charge is 2.31. The van der Waals surface area contributed by atoms with Crippen LogP contribution in [-0.2, 0) is 6.42 Å². The van der Waals surface area contributed by atoms with Crippen LogP contribution in [0.2, 0.25) is 0 Å². The van der Waals surface area contributed by atoms with Crippen molar-refractivity contribution >= 4 is 5.69 Å². The predicted molar refractivity (Wildman–Crippen MR) is 61.9 cm³/mol. The zero-order valence-electron chi connectivity index (χ0n) is 9.11. The van der Waals surface area contributed by atoms with Crippen LogP contribution in [0.1, 0.15) is 30.0 Å². The van der Waals surface area contributed by atoms with E-state index in [2.05, 4.69) is 4.90 Å². The fourth-order valence-corrected chi connectivity index (χ4v) is 2.89. The standard InChI is InChI=1S/C12H16N2O2/c13-8-3-5-14-4-1-2-7-9(15)6-10(16)11(8)12(7)14/h6,8,15-16H,1-5,13H2. The Balaban J connectivity index is 2.28. The van der Waals surface area contributed by atoms with E-state index < -0.39 is 0 Å². The Morgan fingerprint density at radius 2 is 2.06 bits per heavy atom. The largest absolute Gasteiger partial charge is 0.507 e. The number of nitrogens with zero attached hydrogens (tertiary/aromatic N) is 1. The summed E-state index contributed by atoms with van der Waals surface area (Å²) in [4.78, 5) is 2.23. The molecule has 0 amide bonds. The van der Waals surface area contributed by atoms with Gasteiger partial charge in [0.25, 0.3) is 0 Å². The van der Waals surface area contributed by atoms with Crippen LogP contribution in [0.4, 0.5) is 5.69 Å².